The number of rotatable bonds is 5. The van der Waals surface area contributed by atoms with Crippen molar-refractivity contribution in [3.8, 4) is 0 Å². The fourth-order valence-corrected chi connectivity index (χ4v) is 1.36. The van der Waals surface area contributed by atoms with Crippen molar-refractivity contribution in [1.82, 2.24) is 19.7 Å². The molecule has 0 amide bonds. The van der Waals surface area contributed by atoms with E-state index in [0.717, 1.165) is 25.1 Å². The topological polar surface area (TPSA) is 55.6 Å². The molecule has 0 aliphatic heterocycles. The molecule has 1 N–H and O–H groups in total. The lowest BCUT2D eigenvalue weighted by atomic mass is 10.4. The molecule has 0 saturated carbocycles. The van der Waals surface area contributed by atoms with Gasteiger partial charge in [0.25, 0.3) is 0 Å². The Morgan fingerprint density at radius 3 is 2.81 bits per heavy atom. The first-order chi connectivity index (χ1) is 7.84. The molecule has 0 atom stereocenters. The van der Waals surface area contributed by atoms with Gasteiger partial charge in [-0.3, -0.25) is 4.68 Å². The highest BCUT2D eigenvalue weighted by Crippen LogP contribution is 1.98. The predicted molar refractivity (Wildman–Crippen MR) is 62.1 cm³/mol. The average molecular weight is 217 g/mol. The molecule has 0 spiro atoms. The lowest BCUT2D eigenvalue weighted by molar-refractivity contribution is 0.591. The first-order valence-electron chi connectivity index (χ1n) is 5.34. The minimum absolute atomic E-state index is 0.686. The van der Waals surface area contributed by atoms with Crippen LogP contribution in [0.15, 0.2) is 30.9 Å². The molecule has 2 rings (SSSR count). The summed E-state index contributed by atoms with van der Waals surface area (Å²) in [5.41, 5.74) is 1.07. The molecule has 0 unspecified atom stereocenters. The van der Waals surface area contributed by atoms with Crippen LogP contribution in [0.3, 0.4) is 0 Å². The van der Waals surface area contributed by atoms with E-state index in [1.54, 1.807) is 6.20 Å². The molecule has 2 aromatic rings. The van der Waals surface area contributed by atoms with Gasteiger partial charge in [0.1, 0.15) is 0 Å². The van der Waals surface area contributed by atoms with Crippen molar-refractivity contribution >= 4 is 5.95 Å². The summed E-state index contributed by atoms with van der Waals surface area (Å²) in [6, 6.07) is 1.93. The summed E-state index contributed by atoms with van der Waals surface area (Å²) in [4.78, 5) is 8.34. The maximum atomic E-state index is 4.17. The molecule has 2 aromatic heterocycles. The van der Waals surface area contributed by atoms with Crippen LogP contribution >= 0.6 is 0 Å². The minimum Gasteiger partial charge on any atom is -0.354 e. The molecule has 84 valence electrons. The van der Waals surface area contributed by atoms with Crippen molar-refractivity contribution in [2.45, 2.75) is 19.9 Å². The molecule has 5 heteroatoms. The zero-order valence-corrected chi connectivity index (χ0v) is 9.30. The molecule has 0 aliphatic carbocycles. The highest BCUT2D eigenvalue weighted by atomic mass is 15.3. The largest absolute Gasteiger partial charge is 0.354 e. The van der Waals surface area contributed by atoms with Crippen LogP contribution in [0.25, 0.3) is 0 Å². The molecular formula is C11H15N5. The van der Waals surface area contributed by atoms with Crippen molar-refractivity contribution < 1.29 is 0 Å². The second kappa shape index (κ2) is 5.25. The molecule has 0 saturated heterocycles. The molecule has 0 radical (unpaired) electrons. The van der Waals surface area contributed by atoms with Gasteiger partial charge in [-0.15, -0.1) is 0 Å². The molecule has 0 bridgehead atoms. The van der Waals surface area contributed by atoms with Gasteiger partial charge in [0.05, 0.1) is 0 Å². The summed E-state index contributed by atoms with van der Waals surface area (Å²) in [7, 11) is 0. The van der Waals surface area contributed by atoms with E-state index in [-0.39, 0.29) is 0 Å². The molecule has 0 fully saturated rings. The van der Waals surface area contributed by atoms with Crippen LogP contribution in [-0.4, -0.2) is 26.3 Å². The highest BCUT2D eigenvalue weighted by molar-refractivity contribution is 5.23. The van der Waals surface area contributed by atoms with Gasteiger partial charge in [0.15, 0.2) is 0 Å². The number of hydrogen-bond acceptors (Lipinski definition) is 4. The first kappa shape index (κ1) is 10.6. The maximum Gasteiger partial charge on any atom is 0.222 e. The van der Waals surface area contributed by atoms with E-state index < -0.39 is 0 Å². The van der Waals surface area contributed by atoms with Crippen LogP contribution in [0.1, 0.15) is 12.0 Å². The molecule has 0 aliphatic rings. The Hall–Kier alpha value is -1.91. The molecule has 2 heterocycles. The van der Waals surface area contributed by atoms with Crippen molar-refractivity contribution in [3.05, 3.63) is 36.4 Å². The van der Waals surface area contributed by atoms with Crippen molar-refractivity contribution in [3.63, 3.8) is 0 Å². The van der Waals surface area contributed by atoms with Crippen molar-refractivity contribution in [1.29, 1.82) is 0 Å². The van der Waals surface area contributed by atoms with Crippen LogP contribution < -0.4 is 5.32 Å². The van der Waals surface area contributed by atoms with Crippen molar-refractivity contribution in [2.24, 2.45) is 0 Å². The Balaban J connectivity index is 1.70. The van der Waals surface area contributed by atoms with Gasteiger partial charge < -0.3 is 5.32 Å². The Bertz CT molecular complexity index is 406. The number of aryl methyl sites for hydroxylation is 2. The van der Waals surface area contributed by atoms with Gasteiger partial charge in [0.2, 0.25) is 5.95 Å². The lowest BCUT2D eigenvalue weighted by Crippen LogP contribution is -2.09. The summed E-state index contributed by atoms with van der Waals surface area (Å²) in [5.74, 6) is 0.686. The average Bonchev–Trinajstić information content (AvgIpc) is 2.80. The van der Waals surface area contributed by atoms with E-state index in [1.165, 1.54) is 0 Å². The predicted octanol–water partition coefficient (Wildman–Crippen LogP) is 1.48. The summed E-state index contributed by atoms with van der Waals surface area (Å²) >= 11 is 0. The molecular weight excluding hydrogens is 202 g/mol. The van der Waals surface area contributed by atoms with Gasteiger partial charge in [-0.1, -0.05) is 0 Å². The third-order valence-electron chi connectivity index (χ3n) is 2.19. The van der Waals surface area contributed by atoms with Gasteiger partial charge in [0, 0.05) is 37.9 Å². The Morgan fingerprint density at radius 1 is 1.31 bits per heavy atom. The van der Waals surface area contributed by atoms with Crippen LogP contribution in [0, 0.1) is 6.92 Å². The van der Waals surface area contributed by atoms with Crippen LogP contribution in [0.2, 0.25) is 0 Å². The Kier molecular flexibility index (Phi) is 3.48. The van der Waals surface area contributed by atoms with E-state index >= 15 is 0 Å². The van der Waals surface area contributed by atoms with Crippen LogP contribution in [-0.2, 0) is 6.54 Å². The number of anilines is 1. The molecule has 16 heavy (non-hydrogen) atoms. The van der Waals surface area contributed by atoms with Crippen molar-refractivity contribution in [2.75, 3.05) is 11.9 Å². The van der Waals surface area contributed by atoms with Gasteiger partial charge in [-0.25, -0.2) is 9.97 Å². The number of nitrogens with one attached hydrogen (secondary N) is 1. The van der Waals surface area contributed by atoms with E-state index in [1.807, 2.05) is 36.3 Å². The van der Waals surface area contributed by atoms with E-state index in [4.69, 9.17) is 0 Å². The number of hydrogen-bond donors (Lipinski definition) is 1. The molecule has 0 aromatic carbocycles. The van der Waals surface area contributed by atoms with Gasteiger partial charge in [-0.05, 0) is 25.0 Å². The Labute approximate surface area is 94.5 Å². The molecule has 5 nitrogen and oxygen atoms in total. The SMILES string of the molecule is Cc1cnc(NCCCn2cccn2)nc1. The van der Waals surface area contributed by atoms with E-state index in [0.29, 0.717) is 5.95 Å². The lowest BCUT2D eigenvalue weighted by Gasteiger charge is -2.04. The quantitative estimate of drug-likeness (QED) is 0.771. The summed E-state index contributed by atoms with van der Waals surface area (Å²) in [6.45, 7) is 3.73. The third-order valence-corrected chi connectivity index (χ3v) is 2.19. The standard InChI is InChI=1S/C11H15N5/c1-10-8-13-11(14-9-10)12-4-2-6-16-7-3-5-15-16/h3,5,7-9H,2,4,6H2,1H3,(H,12,13,14). The fraction of sp³-hybridized carbons (Fsp3) is 0.364. The van der Waals surface area contributed by atoms with Crippen LogP contribution in [0.4, 0.5) is 5.95 Å². The van der Waals surface area contributed by atoms with Crippen LogP contribution in [0.5, 0.6) is 0 Å². The smallest absolute Gasteiger partial charge is 0.222 e. The zero-order chi connectivity index (χ0) is 11.2. The summed E-state index contributed by atoms with van der Waals surface area (Å²) in [6.07, 6.45) is 8.36. The Morgan fingerprint density at radius 2 is 2.12 bits per heavy atom. The highest BCUT2D eigenvalue weighted by Gasteiger charge is 1.95. The monoisotopic (exact) mass is 217 g/mol. The zero-order valence-electron chi connectivity index (χ0n) is 9.30. The fourth-order valence-electron chi connectivity index (χ4n) is 1.36. The second-order valence-corrected chi connectivity index (χ2v) is 3.63. The summed E-state index contributed by atoms with van der Waals surface area (Å²) in [5, 5.41) is 7.30. The third kappa shape index (κ3) is 3.05. The number of nitrogens with zero attached hydrogens (tertiary/aromatic N) is 4. The second-order valence-electron chi connectivity index (χ2n) is 3.63. The minimum atomic E-state index is 0.686. The normalized spacial score (nSPS) is 10.3. The first-order valence-corrected chi connectivity index (χ1v) is 5.34. The van der Waals surface area contributed by atoms with Gasteiger partial charge in [-0.2, -0.15) is 5.10 Å². The van der Waals surface area contributed by atoms with E-state index in [9.17, 15) is 0 Å². The van der Waals surface area contributed by atoms with Gasteiger partial charge >= 0.3 is 0 Å². The summed E-state index contributed by atoms with van der Waals surface area (Å²) < 4.78 is 1.91. The maximum absolute atomic E-state index is 4.17. The number of aromatic nitrogens is 4. The van der Waals surface area contributed by atoms with E-state index in [2.05, 4.69) is 20.4 Å².